The van der Waals surface area contributed by atoms with Crippen molar-refractivity contribution in [2.75, 3.05) is 52.4 Å². The lowest BCUT2D eigenvalue weighted by Gasteiger charge is -2.31. The van der Waals surface area contributed by atoms with Gasteiger partial charge < -0.3 is 32.7 Å². The van der Waals surface area contributed by atoms with Crippen LogP contribution in [0, 0.1) is 0 Å². The molecule has 0 saturated heterocycles. The van der Waals surface area contributed by atoms with E-state index in [2.05, 4.69) is 39.8 Å². The van der Waals surface area contributed by atoms with Crippen molar-refractivity contribution in [3.05, 3.63) is 20.9 Å². The van der Waals surface area contributed by atoms with Crippen LogP contribution in [0.15, 0.2) is 20.2 Å². The average Bonchev–Trinajstić information content (AvgIpc) is 3.09. The number of carbonyl (C=O) groups excluding carboxylic acids is 1. The fraction of sp³-hybridized carbons (Fsp3) is 0.914. The van der Waals surface area contributed by atoms with Crippen molar-refractivity contribution in [1.29, 1.82) is 0 Å². The molecule has 2 amide bonds. The summed E-state index contributed by atoms with van der Waals surface area (Å²) in [5.74, 6) is 0.313. The first-order chi connectivity index (χ1) is 24.4. The van der Waals surface area contributed by atoms with Crippen LogP contribution in [0.1, 0.15) is 154 Å². The van der Waals surface area contributed by atoms with Crippen LogP contribution in [0.5, 0.6) is 0 Å². The normalized spacial score (nSPS) is 10.6. The minimum absolute atomic E-state index is 0.156. The predicted octanol–water partition coefficient (Wildman–Crippen LogP) is 8.24. The standard InChI is InChI=1S/C35H72N14O/c36-33(37)42-25-17-9-1-5-13-21-29-48(31-23-15-7-3-11-19-27-44-46-40)35(50)49(32-24-16-8-4-12-20-28-45-47-41)30-22-14-6-2-10-18-26-43-34(38)39/h1-32H2,(H4,36,37,42)(H4,38,39,43). The molecule has 0 radical (unpaired) electrons. The number of hydrogen-bond acceptors (Lipinski definition) is 5. The fourth-order valence-corrected chi connectivity index (χ4v) is 5.94. The van der Waals surface area contributed by atoms with Crippen molar-refractivity contribution in [2.45, 2.75) is 154 Å². The first-order valence-corrected chi connectivity index (χ1v) is 19.6. The summed E-state index contributed by atoms with van der Waals surface area (Å²) in [6, 6.07) is 0.197. The average molecular weight is 705 g/mol. The van der Waals surface area contributed by atoms with Crippen molar-refractivity contribution < 1.29 is 4.79 Å². The Morgan fingerprint density at radius 2 is 0.640 bits per heavy atom. The molecule has 0 atom stereocenters. The van der Waals surface area contributed by atoms with Gasteiger partial charge in [-0.2, -0.15) is 0 Å². The summed E-state index contributed by atoms with van der Waals surface area (Å²) < 4.78 is 0. The van der Waals surface area contributed by atoms with E-state index in [1.807, 2.05) is 0 Å². The maximum atomic E-state index is 14.1. The summed E-state index contributed by atoms with van der Waals surface area (Å²) in [6.45, 7) is 5.72. The molecular formula is C35H72N14O. The van der Waals surface area contributed by atoms with E-state index in [4.69, 9.17) is 34.0 Å². The number of urea groups is 1. The summed E-state index contributed by atoms with van der Waals surface area (Å²) in [5, 5.41) is 7.25. The Labute approximate surface area is 302 Å². The second-order valence-electron chi connectivity index (χ2n) is 13.3. The van der Waals surface area contributed by atoms with Crippen molar-refractivity contribution in [2.24, 2.45) is 43.1 Å². The van der Waals surface area contributed by atoms with Gasteiger partial charge >= 0.3 is 6.03 Å². The van der Waals surface area contributed by atoms with E-state index in [9.17, 15) is 4.79 Å². The topological polar surface area (TPSA) is 250 Å². The molecule has 0 fully saturated rings. The van der Waals surface area contributed by atoms with Gasteiger partial charge in [-0.15, -0.1) is 0 Å². The van der Waals surface area contributed by atoms with Crippen molar-refractivity contribution in [3.8, 4) is 0 Å². The lowest BCUT2D eigenvalue weighted by Crippen LogP contribution is -2.45. The van der Waals surface area contributed by atoms with E-state index in [0.29, 0.717) is 26.2 Å². The van der Waals surface area contributed by atoms with Gasteiger partial charge in [0, 0.05) is 62.2 Å². The Morgan fingerprint density at radius 1 is 0.400 bits per heavy atom. The molecule has 0 rings (SSSR count). The molecule has 0 aliphatic rings. The van der Waals surface area contributed by atoms with Crippen LogP contribution in [-0.4, -0.2) is 80.1 Å². The molecule has 0 aromatic heterocycles. The summed E-state index contributed by atoms with van der Waals surface area (Å²) in [4.78, 5) is 32.1. The highest BCUT2D eigenvalue weighted by atomic mass is 16.2. The molecule has 8 N–H and O–H groups in total. The van der Waals surface area contributed by atoms with E-state index >= 15 is 0 Å². The highest BCUT2D eigenvalue weighted by molar-refractivity contribution is 5.76. The van der Waals surface area contributed by atoms with Crippen LogP contribution in [0.3, 0.4) is 0 Å². The number of nitrogens with two attached hydrogens (primary N) is 4. The Balaban J connectivity index is 5.03. The van der Waals surface area contributed by atoms with Gasteiger partial charge in [0.15, 0.2) is 11.9 Å². The minimum atomic E-state index is 0.156. The second kappa shape index (κ2) is 36.7. The number of hydrogen-bond donors (Lipinski definition) is 4. The summed E-state index contributed by atoms with van der Waals surface area (Å²) >= 11 is 0. The van der Waals surface area contributed by atoms with Crippen LogP contribution in [0.2, 0.25) is 0 Å². The Hall–Kier alpha value is -3.57. The fourth-order valence-electron chi connectivity index (χ4n) is 5.94. The molecule has 15 nitrogen and oxygen atoms in total. The predicted molar refractivity (Wildman–Crippen MR) is 209 cm³/mol. The van der Waals surface area contributed by atoms with Crippen LogP contribution in [0.4, 0.5) is 4.79 Å². The minimum Gasteiger partial charge on any atom is -0.370 e. The first kappa shape index (κ1) is 46.4. The molecule has 0 unspecified atom stereocenters. The molecule has 0 aliphatic heterocycles. The van der Waals surface area contributed by atoms with Crippen molar-refractivity contribution >= 4 is 18.0 Å². The van der Waals surface area contributed by atoms with Crippen LogP contribution < -0.4 is 22.9 Å². The zero-order valence-electron chi connectivity index (χ0n) is 31.3. The molecular weight excluding hydrogens is 632 g/mol. The van der Waals surface area contributed by atoms with Crippen LogP contribution >= 0.6 is 0 Å². The SMILES string of the molecule is [N-]=[N+]=NCCCCCCCCN(CCCCCCCCN=C(N)N)C(=O)N(CCCCCCCCN=[N+]=[N-])CCCCCCCCN=C(N)N. The van der Waals surface area contributed by atoms with Crippen molar-refractivity contribution in [1.82, 2.24) is 9.80 Å². The quantitative estimate of drug-likeness (QED) is 0.0125. The Morgan fingerprint density at radius 3 is 0.900 bits per heavy atom. The summed E-state index contributed by atoms with van der Waals surface area (Å²) in [7, 11) is 0. The van der Waals surface area contributed by atoms with E-state index in [1.165, 1.54) is 0 Å². The summed E-state index contributed by atoms with van der Waals surface area (Å²) in [6.07, 6.45) is 25.9. The number of azide groups is 2. The van der Waals surface area contributed by atoms with Gasteiger partial charge in [0.2, 0.25) is 0 Å². The first-order valence-electron chi connectivity index (χ1n) is 19.6. The number of rotatable bonds is 36. The Kier molecular flexibility index (Phi) is 34.1. The lowest BCUT2D eigenvalue weighted by molar-refractivity contribution is 0.148. The molecule has 0 spiro atoms. The maximum Gasteiger partial charge on any atom is 0.319 e. The maximum absolute atomic E-state index is 14.1. The highest BCUT2D eigenvalue weighted by Crippen LogP contribution is 2.15. The molecule has 0 aliphatic carbocycles. The number of amides is 2. The smallest absolute Gasteiger partial charge is 0.319 e. The third kappa shape index (κ3) is 33.0. The third-order valence-electron chi connectivity index (χ3n) is 8.80. The van der Waals surface area contributed by atoms with Crippen LogP contribution in [0.25, 0.3) is 20.9 Å². The van der Waals surface area contributed by atoms with E-state index in [1.54, 1.807) is 0 Å². The largest absolute Gasteiger partial charge is 0.370 e. The van der Waals surface area contributed by atoms with Gasteiger partial charge in [-0.3, -0.25) is 9.98 Å². The van der Waals surface area contributed by atoms with Gasteiger partial charge in [0.05, 0.1) is 0 Å². The van der Waals surface area contributed by atoms with Gasteiger partial charge in [-0.05, 0) is 62.4 Å². The van der Waals surface area contributed by atoms with Gasteiger partial charge in [0.25, 0.3) is 0 Å². The number of unbranched alkanes of at least 4 members (excludes halogenated alkanes) is 20. The number of aliphatic imine (C=N–C) groups is 2. The van der Waals surface area contributed by atoms with E-state index < -0.39 is 0 Å². The van der Waals surface area contributed by atoms with E-state index in [-0.39, 0.29) is 18.0 Å². The second-order valence-corrected chi connectivity index (χ2v) is 13.3. The molecule has 288 valence electrons. The van der Waals surface area contributed by atoms with Gasteiger partial charge in [-0.1, -0.05) is 113 Å². The third-order valence-corrected chi connectivity index (χ3v) is 8.80. The molecule has 15 heteroatoms. The highest BCUT2D eigenvalue weighted by Gasteiger charge is 2.20. The molecule has 0 aromatic carbocycles. The van der Waals surface area contributed by atoms with Gasteiger partial charge in [-0.25, -0.2) is 4.79 Å². The van der Waals surface area contributed by atoms with E-state index in [0.717, 1.165) is 180 Å². The van der Waals surface area contributed by atoms with Gasteiger partial charge in [0.1, 0.15) is 0 Å². The Bertz CT molecular complexity index is 881. The molecule has 0 bridgehead atoms. The summed E-state index contributed by atoms with van der Waals surface area (Å²) in [5.41, 5.74) is 38.6. The zero-order chi connectivity index (χ0) is 36.8. The van der Waals surface area contributed by atoms with Crippen molar-refractivity contribution in [3.63, 3.8) is 0 Å². The monoisotopic (exact) mass is 705 g/mol. The van der Waals surface area contributed by atoms with Crippen LogP contribution in [-0.2, 0) is 0 Å². The molecule has 50 heavy (non-hydrogen) atoms. The lowest BCUT2D eigenvalue weighted by atomic mass is 10.1. The number of carbonyl (C=O) groups is 1. The number of guanidine groups is 2. The molecule has 0 heterocycles. The zero-order valence-corrected chi connectivity index (χ0v) is 31.3. The molecule has 0 aromatic rings. The number of nitrogens with zero attached hydrogens (tertiary/aromatic N) is 10. The molecule has 0 saturated carbocycles.